The van der Waals surface area contributed by atoms with Crippen molar-refractivity contribution < 1.29 is 19.1 Å². The molecule has 0 bridgehead atoms. The summed E-state index contributed by atoms with van der Waals surface area (Å²) in [6.45, 7) is 3.30. The van der Waals surface area contributed by atoms with Crippen molar-refractivity contribution in [3.8, 4) is 11.8 Å². The van der Waals surface area contributed by atoms with Gasteiger partial charge in [0.15, 0.2) is 0 Å². The Kier molecular flexibility index (Phi) is 6.59. The van der Waals surface area contributed by atoms with E-state index in [4.69, 9.17) is 4.74 Å². The van der Waals surface area contributed by atoms with Crippen LogP contribution in [0.4, 0.5) is 0 Å². The Bertz CT molecular complexity index is 1510. The molecule has 39 heavy (non-hydrogen) atoms. The third kappa shape index (κ3) is 5.01. The average molecular weight is 521 g/mol. The van der Waals surface area contributed by atoms with Crippen LogP contribution < -0.4 is 10.1 Å². The number of imide groups is 1. The molecule has 196 valence electrons. The predicted molar refractivity (Wildman–Crippen MR) is 142 cm³/mol. The quantitative estimate of drug-likeness (QED) is 0.500. The molecule has 0 spiro atoms. The number of rotatable bonds is 6. The Morgan fingerprint density at radius 2 is 1.77 bits per heavy atom. The lowest BCUT2D eigenvalue weighted by molar-refractivity contribution is -0.136. The van der Waals surface area contributed by atoms with Gasteiger partial charge in [-0.3, -0.25) is 24.6 Å². The van der Waals surface area contributed by atoms with Crippen molar-refractivity contribution in [2.24, 2.45) is 0 Å². The van der Waals surface area contributed by atoms with Gasteiger partial charge in [0.2, 0.25) is 11.8 Å². The van der Waals surface area contributed by atoms with Gasteiger partial charge < -0.3 is 9.64 Å². The van der Waals surface area contributed by atoms with E-state index >= 15 is 0 Å². The van der Waals surface area contributed by atoms with Crippen LogP contribution in [0.1, 0.15) is 56.6 Å². The van der Waals surface area contributed by atoms with E-state index in [-0.39, 0.29) is 24.8 Å². The minimum Gasteiger partial charge on any atom is -0.489 e. The molecule has 3 aromatic rings. The molecule has 3 heterocycles. The molecule has 8 heteroatoms. The Morgan fingerprint density at radius 1 is 0.949 bits per heavy atom. The molecule has 3 aliphatic heterocycles. The largest absolute Gasteiger partial charge is 0.489 e. The molecular weight excluding hydrogens is 492 g/mol. The number of amides is 3. The van der Waals surface area contributed by atoms with E-state index in [1.807, 2.05) is 18.2 Å². The Labute approximate surface area is 226 Å². The fourth-order valence-corrected chi connectivity index (χ4v) is 5.67. The summed E-state index contributed by atoms with van der Waals surface area (Å²) >= 11 is 0. The van der Waals surface area contributed by atoms with Crippen LogP contribution in [0.2, 0.25) is 0 Å². The van der Waals surface area contributed by atoms with Crippen molar-refractivity contribution in [1.82, 2.24) is 15.1 Å². The van der Waals surface area contributed by atoms with Gasteiger partial charge in [-0.15, -0.1) is 0 Å². The number of nitrogens with one attached hydrogen (secondary N) is 1. The minimum absolute atomic E-state index is 0.210. The zero-order valence-electron chi connectivity index (χ0n) is 21.5. The van der Waals surface area contributed by atoms with Gasteiger partial charge >= 0.3 is 0 Å². The zero-order valence-corrected chi connectivity index (χ0v) is 21.5. The van der Waals surface area contributed by atoms with Gasteiger partial charge in [0.1, 0.15) is 18.4 Å². The predicted octanol–water partition coefficient (Wildman–Crippen LogP) is 3.46. The zero-order chi connectivity index (χ0) is 26.9. The number of carbonyl (C=O) groups is 3. The molecule has 0 radical (unpaired) electrons. The van der Waals surface area contributed by atoms with Crippen LogP contribution in [0.5, 0.6) is 5.75 Å². The number of nitrogens with zero attached hydrogens (tertiary/aromatic N) is 3. The number of ether oxygens (including phenoxy) is 1. The van der Waals surface area contributed by atoms with Crippen LogP contribution in [-0.4, -0.2) is 40.1 Å². The molecule has 8 nitrogen and oxygen atoms in total. The van der Waals surface area contributed by atoms with Crippen molar-refractivity contribution in [3.05, 3.63) is 99.6 Å². The standard InChI is InChI=1S/C31H28N4O4/c32-15-22-8-9-23-12-13-34(17-24(23)14-22)16-20-4-6-21(7-5-20)19-39-28-3-1-2-25-26(28)18-35(31(25)38)27-10-11-29(36)33-30(27)37/h1-9,14,27H,10-13,16-19H2,(H,33,36,37). The first kappa shape index (κ1) is 24.8. The fourth-order valence-electron chi connectivity index (χ4n) is 5.67. The van der Waals surface area contributed by atoms with E-state index in [1.54, 1.807) is 12.1 Å². The third-order valence-corrected chi connectivity index (χ3v) is 7.79. The Hall–Kier alpha value is -4.48. The molecule has 1 fully saturated rings. The molecule has 3 aliphatic rings. The maximum Gasteiger partial charge on any atom is 0.255 e. The molecular formula is C31H28N4O4. The first-order valence-corrected chi connectivity index (χ1v) is 13.2. The second-order valence-electron chi connectivity index (χ2n) is 10.3. The van der Waals surface area contributed by atoms with Crippen molar-refractivity contribution >= 4 is 17.7 Å². The topological polar surface area (TPSA) is 103 Å². The number of hydrogen-bond donors (Lipinski definition) is 1. The SMILES string of the molecule is N#Cc1ccc2c(c1)CN(Cc1ccc(COc3cccc4c3CN(C3CCC(=O)NC3=O)C4=O)cc1)CC2. The lowest BCUT2D eigenvalue weighted by Crippen LogP contribution is -2.52. The smallest absolute Gasteiger partial charge is 0.255 e. The van der Waals surface area contributed by atoms with Gasteiger partial charge in [-0.25, -0.2) is 0 Å². The van der Waals surface area contributed by atoms with Gasteiger partial charge in [0, 0.05) is 37.2 Å². The number of fused-ring (bicyclic) bond motifs is 2. The molecule has 3 aromatic carbocycles. The van der Waals surface area contributed by atoms with E-state index in [0.29, 0.717) is 29.9 Å². The second kappa shape index (κ2) is 10.4. The number of benzene rings is 3. The molecule has 1 N–H and O–H groups in total. The van der Waals surface area contributed by atoms with E-state index in [1.165, 1.54) is 21.6 Å². The monoisotopic (exact) mass is 520 g/mol. The fraction of sp³-hybridized carbons (Fsp3) is 0.290. The van der Waals surface area contributed by atoms with Crippen molar-refractivity contribution in [3.63, 3.8) is 0 Å². The van der Waals surface area contributed by atoms with Gasteiger partial charge in [0.25, 0.3) is 5.91 Å². The summed E-state index contributed by atoms with van der Waals surface area (Å²) in [4.78, 5) is 40.8. The highest BCUT2D eigenvalue weighted by atomic mass is 16.5. The van der Waals surface area contributed by atoms with Crippen LogP contribution >= 0.6 is 0 Å². The molecule has 1 saturated heterocycles. The average Bonchev–Trinajstić information content (AvgIpc) is 3.28. The lowest BCUT2D eigenvalue weighted by Gasteiger charge is -2.29. The highest BCUT2D eigenvalue weighted by Gasteiger charge is 2.40. The summed E-state index contributed by atoms with van der Waals surface area (Å²) in [5.41, 5.74) is 6.81. The Balaban J connectivity index is 1.08. The van der Waals surface area contributed by atoms with Gasteiger partial charge in [0.05, 0.1) is 18.2 Å². The van der Waals surface area contributed by atoms with Crippen LogP contribution in [0, 0.1) is 11.3 Å². The van der Waals surface area contributed by atoms with Crippen LogP contribution in [0.15, 0.2) is 60.7 Å². The third-order valence-electron chi connectivity index (χ3n) is 7.79. The highest BCUT2D eigenvalue weighted by Crippen LogP contribution is 2.34. The molecule has 3 amide bonds. The van der Waals surface area contributed by atoms with Gasteiger partial charge in [-0.05, 0) is 59.4 Å². The lowest BCUT2D eigenvalue weighted by atomic mass is 9.97. The molecule has 0 saturated carbocycles. The van der Waals surface area contributed by atoms with Crippen molar-refractivity contribution in [2.45, 2.75) is 51.5 Å². The Morgan fingerprint density at radius 3 is 2.56 bits per heavy atom. The number of carbonyl (C=O) groups excluding carboxylic acids is 3. The van der Waals surface area contributed by atoms with Crippen LogP contribution in [0.3, 0.4) is 0 Å². The molecule has 1 atom stereocenters. The summed E-state index contributed by atoms with van der Waals surface area (Å²) in [6, 6.07) is 21.3. The first-order chi connectivity index (χ1) is 19.0. The van der Waals surface area contributed by atoms with Crippen molar-refractivity contribution in [1.29, 1.82) is 5.26 Å². The summed E-state index contributed by atoms with van der Waals surface area (Å²) in [5.74, 6) is -0.302. The maximum atomic E-state index is 13.0. The normalized spacial score (nSPS) is 18.8. The van der Waals surface area contributed by atoms with Crippen LogP contribution in [0.25, 0.3) is 0 Å². The van der Waals surface area contributed by atoms with Crippen LogP contribution in [-0.2, 0) is 42.3 Å². The minimum atomic E-state index is -0.648. The van der Waals surface area contributed by atoms with E-state index < -0.39 is 11.9 Å². The van der Waals surface area contributed by atoms with E-state index in [2.05, 4.69) is 46.6 Å². The van der Waals surface area contributed by atoms with E-state index in [9.17, 15) is 19.6 Å². The van der Waals surface area contributed by atoms with Crippen molar-refractivity contribution in [2.75, 3.05) is 6.54 Å². The second-order valence-corrected chi connectivity index (χ2v) is 10.3. The molecule has 6 rings (SSSR count). The van der Waals surface area contributed by atoms with Gasteiger partial charge in [-0.1, -0.05) is 36.4 Å². The number of nitriles is 1. The number of hydrogen-bond acceptors (Lipinski definition) is 6. The maximum absolute atomic E-state index is 13.0. The summed E-state index contributed by atoms with van der Waals surface area (Å²) < 4.78 is 6.14. The highest BCUT2D eigenvalue weighted by molar-refractivity contribution is 6.05. The van der Waals surface area contributed by atoms with E-state index in [0.717, 1.165) is 37.2 Å². The molecule has 0 aliphatic carbocycles. The number of piperidine rings is 1. The first-order valence-electron chi connectivity index (χ1n) is 13.2. The summed E-state index contributed by atoms with van der Waals surface area (Å²) in [7, 11) is 0. The summed E-state index contributed by atoms with van der Waals surface area (Å²) in [5, 5.41) is 11.5. The molecule has 1 unspecified atom stereocenters. The summed E-state index contributed by atoms with van der Waals surface area (Å²) in [6.07, 6.45) is 1.54. The van der Waals surface area contributed by atoms with Gasteiger partial charge in [-0.2, -0.15) is 5.26 Å². The molecule has 0 aromatic heterocycles.